The summed E-state index contributed by atoms with van der Waals surface area (Å²) in [6.07, 6.45) is 2.86. The van der Waals surface area contributed by atoms with Gasteiger partial charge >= 0.3 is 5.97 Å². The molecule has 0 aliphatic rings. The zero-order chi connectivity index (χ0) is 9.68. The lowest BCUT2D eigenvalue weighted by Gasteiger charge is -1.88. The van der Waals surface area contributed by atoms with Crippen molar-refractivity contribution in [3.05, 3.63) is 23.4 Å². The van der Waals surface area contributed by atoms with E-state index < -0.39 is 5.97 Å². The van der Waals surface area contributed by atoms with Gasteiger partial charge < -0.3 is 9.15 Å². The molecule has 4 nitrogen and oxygen atoms in total. The standard InChI is InChI=1S/C8H9NO3S/c1-6-5-12-8(9-6)13-4-3-7(10)11-2/h3-5H,1-2H3/b4-3+. The summed E-state index contributed by atoms with van der Waals surface area (Å²) < 4.78 is 9.43. The van der Waals surface area contributed by atoms with Crippen molar-refractivity contribution in [2.24, 2.45) is 0 Å². The van der Waals surface area contributed by atoms with Crippen LogP contribution in [0.5, 0.6) is 0 Å². The van der Waals surface area contributed by atoms with Crippen LogP contribution in [0.25, 0.3) is 0 Å². The van der Waals surface area contributed by atoms with E-state index in [0.717, 1.165) is 5.69 Å². The van der Waals surface area contributed by atoms with Gasteiger partial charge in [-0.1, -0.05) is 0 Å². The normalized spacial score (nSPS) is 10.6. The summed E-state index contributed by atoms with van der Waals surface area (Å²) in [6, 6.07) is 0. The van der Waals surface area contributed by atoms with Crippen LogP contribution in [0.15, 0.2) is 27.4 Å². The number of hydrogen-bond donors (Lipinski definition) is 0. The SMILES string of the molecule is COC(=O)/C=C/Sc1nc(C)co1. The first-order valence-electron chi connectivity index (χ1n) is 3.55. The molecule has 0 unspecified atom stereocenters. The van der Waals surface area contributed by atoms with Gasteiger partial charge in [0.25, 0.3) is 5.22 Å². The van der Waals surface area contributed by atoms with Crippen molar-refractivity contribution in [2.45, 2.75) is 12.1 Å². The minimum absolute atomic E-state index is 0.393. The zero-order valence-corrected chi connectivity index (χ0v) is 8.13. The Morgan fingerprint density at radius 1 is 1.77 bits per heavy atom. The predicted molar refractivity (Wildman–Crippen MR) is 48.3 cm³/mol. The molecule has 0 aliphatic carbocycles. The number of methoxy groups -OCH3 is 1. The molecule has 13 heavy (non-hydrogen) atoms. The Morgan fingerprint density at radius 3 is 3.08 bits per heavy atom. The fourth-order valence-electron chi connectivity index (χ4n) is 0.602. The van der Waals surface area contributed by atoms with Gasteiger partial charge in [-0.25, -0.2) is 9.78 Å². The van der Waals surface area contributed by atoms with Crippen LogP contribution in [0.1, 0.15) is 5.69 Å². The number of aromatic nitrogens is 1. The number of ether oxygens (including phenoxy) is 1. The minimum atomic E-state index is -0.393. The first kappa shape index (κ1) is 9.85. The van der Waals surface area contributed by atoms with E-state index in [-0.39, 0.29) is 0 Å². The molecular weight excluding hydrogens is 190 g/mol. The van der Waals surface area contributed by atoms with Gasteiger partial charge in [0.2, 0.25) is 0 Å². The van der Waals surface area contributed by atoms with E-state index in [2.05, 4.69) is 9.72 Å². The summed E-state index contributed by atoms with van der Waals surface area (Å²) in [5, 5.41) is 2.08. The van der Waals surface area contributed by atoms with Gasteiger partial charge in [-0.3, -0.25) is 0 Å². The van der Waals surface area contributed by atoms with E-state index >= 15 is 0 Å². The van der Waals surface area contributed by atoms with E-state index in [1.165, 1.54) is 24.9 Å². The van der Waals surface area contributed by atoms with Gasteiger partial charge in [-0.2, -0.15) is 0 Å². The van der Waals surface area contributed by atoms with Crippen LogP contribution < -0.4 is 0 Å². The first-order chi connectivity index (χ1) is 6.22. The number of carbonyl (C=O) groups excluding carboxylic acids is 1. The minimum Gasteiger partial charge on any atom is -0.466 e. The second-order valence-electron chi connectivity index (χ2n) is 2.20. The predicted octanol–water partition coefficient (Wildman–Crippen LogP) is 1.76. The van der Waals surface area contributed by atoms with Crippen LogP contribution >= 0.6 is 11.8 Å². The molecule has 1 rings (SSSR count). The first-order valence-corrected chi connectivity index (χ1v) is 4.43. The second-order valence-corrected chi connectivity index (χ2v) is 3.06. The Labute approximate surface area is 80.0 Å². The van der Waals surface area contributed by atoms with Crippen LogP contribution in [0.4, 0.5) is 0 Å². The molecule has 0 saturated heterocycles. The highest BCUT2D eigenvalue weighted by Gasteiger charge is 1.98. The average molecular weight is 199 g/mol. The highest BCUT2D eigenvalue weighted by atomic mass is 32.2. The molecule has 0 radical (unpaired) electrons. The van der Waals surface area contributed by atoms with Gasteiger partial charge in [0.05, 0.1) is 12.8 Å². The third kappa shape index (κ3) is 3.33. The van der Waals surface area contributed by atoms with Crippen molar-refractivity contribution in [2.75, 3.05) is 7.11 Å². The van der Waals surface area contributed by atoms with Crippen molar-refractivity contribution >= 4 is 17.7 Å². The summed E-state index contributed by atoms with van der Waals surface area (Å²) in [6.45, 7) is 1.83. The summed E-state index contributed by atoms with van der Waals surface area (Å²) >= 11 is 1.23. The number of esters is 1. The van der Waals surface area contributed by atoms with Crippen molar-refractivity contribution < 1.29 is 13.9 Å². The smallest absolute Gasteiger partial charge is 0.331 e. The van der Waals surface area contributed by atoms with Crippen LogP contribution in [0.2, 0.25) is 0 Å². The van der Waals surface area contributed by atoms with Gasteiger partial charge in [0.1, 0.15) is 6.26 Å². The maximum atomic E-state index is 10.6. The molecule has 1 heterocycles. The maximum absolute atomic E-state index is 10.6. The average Bonchev–Trinajstić information content (AvgIpc) is 2.51. The van der Waals surface area contributed by atoms with Gasteiger partial charge in [0.15, 0.2) is 0 Å². The topological polar surface area (TPSA) is 52.3 Å². The molecule has 0 saturated carbocycles. The number of aryl methyl sites for hydroxylation is 1. The fraction of sp³-hybridized carbons (Fsp3) is 0.250. The monoisotopic (exact) mass is 199 g/mol. The van der Waals surface area contributed by atoms with E-state index in [4.69, 9.17) is 4.42 Å². The van der Waals surface area contributed by atoms with Gasteiger partial charge in [0, 0.05) is 6.08 Å². The lowest BCUT2D eigenvalue weighted by atomic mass is 10.6. The summed E-state index contributed by atoms with van der Waals surface area (Å²) in [5.41, 5.74) is 0.814. The summed E-state index contributed by atoms with van der Waals surface area (Å²) in [5.74, 6) is -0.393. The lowest BCUT2D eigenvalue weighted by molar-refractivity contribution is -0.134. The number of nitrogens with zero attached hydrogens (tertiary/aromatic N) is 1. The van der Waals surface area contributed by atoms with Crippen molar-refractivity contribution in [3.8, 4) is 0 Å². The molecule has 1 aromatic rings. The molecule has 0 fully saturated rings. The van der Waals surface area contributed by atoms with E-state index in [0.29, 0.717) is 5.22 Å². The van der Waals surface area contributed by atoms with Gasteiger partial charge in [-0.15, -0.1) is 0 Å². The number of hydrogen-bond acceptors (Lipinski definition) is 5. The van der Waals surface area contributed by atoms with E-state index in [9.17, 15) is 4.79 Å². The molecule has 0 bridgehead atoms. The van der Waals surface area contributed by atoms with Crippen LogP contribution in [0.3, 0.4) is 0 Å². The van der Waals surface area contributed by atoms with Crippen molar-refractivity contribution in [1.29, 1.82) is 0 Å². The Bertz CT molecular complexity index is 319. The second kappa shape index (κ2) is 4.71. The van der Waals surface area contributed by atoms with Crippen LogP contribution in [-0.4, -0.2) is 18.1 Å². The Balaban J connectivity index is 2.43. The quantitative estimate of drug-likeness (QED) is 0.422. The van der Waals surface area contributed by atoms with Crippen molar-refractivity contribution in [1.82, 2.24) is 4.98 Å². The molecule has 0 N–H and O–H groups in total. The maximum Gasteiger partial charge on any atom is 0.331 e. The lowest BCUT2D eigenvalue weighted by Crippen LogP contribution is -1.92. The third-order valence-electron chi connectivity index (χ3n) is 1.17. The Kier molecular flexibility index (Phi) is 3.57. The molecule has 5 heteroatoms. The molecule has 0 atom stereocenters. The van der Waals surface area contributed by atoms with Crippen LogP contribution in [-0.2, 0) is 9.53 Å². The van der Waals surface area contributed by atoms with Crippen LogP contribution in [0, 0.1) is 6.92 Å². The van der Waals surface area contributed by atoms with Crippen molar-refractivity contribution in [3.63, 3.8) is 0 Å². The van der Waals surface area contributed by atoms with E-state index in [1.54, 1.807) is 11.7 Å². The number of rotatable bonds is 3. The summed E-state index contributed by atoms with van der Waals surface area (Å²) in [7, 11) is 1.33. The Morgan fingerprint density at radius 2 is 2.54 bits per heavy atom. The van der Waals surface area contributed by atoms with Gasteiger partial charge in [-0.05, 0) is 24.1 Å². The molecule has 0 spiro atoms. The highest BCUT2D eigenvalue weighted by molar-refractivity contribution is 8.01. The largest absolute Gasteiger partial charge is 0.466 e. The molecule has 0 aromatic carbocycles. The fourth-order valence-corrected chi connectivity index (χ4v) is 1.20. The molecule has 0 aliphatic heterocycles. The number of thioether (sulfide) groups is 1. The molecule has 1 aromatic heterocycles. The zero-order valence-electron chi connectivity index (χ0n) is 7.31. The number of carbonyl (C=O) groups is 1. The summed E-state index contributed by atoms with van der Waals surface area (Å²) in [4.78, 5) is 14.7. The highest BCUT2D eigenvalue weighted by Crippen LogP contribution is 2.17. The Hall–Kier alpha value is -1.23. The molecule has 70 valence electrons. The third-order valence-corrected chi connectivity index (χ3v) is 1.83. The molecule has 0 amide bonds. The number of oxazole rings is 1. The molecular formula is C8H9NO3S. The van der Waals surface area contributed by atoms with E-state index in [1.807, 2.05) is 6.92 Å².